The summed E-state index contributed by atoms with van der Waals surface area (Å²) in [4.78, 5) is 2.61. The molecule has 0 atom stereocenters. The van der Waals surface area contributed by atoms with E-state index in [0.29, 0.717) is 5.41 Å². The summed E-state index contributed by atoms with van der Waals surface area (Å²) >= 11 is 0. The van der Waals surface area contributed by atoms with Gasteiger partial charge in [0.2, 0.25) is 0 Å². The number of hydrogen-bond acceptors (Lipinski definition) is 2. The van der Waals surface area contributed by atoms with E-state index in [1.54, 1.807) is 0 Å². The second-order valence-corrected chi connectivity index (χ2v) is 5.65. The van der Waals surface area contributed by atoms with Crippen molar-refractivity contribution in [3.05, 3.63) is 0 Å². The Hall–Kier alpha value is -0.0800. The molecular weight excluding hydrogens is 184 g/mol. The summed E-state index contributed by atoms with van der Waals surface area (Å²) in [5.41, 5.74) is 0.543. The van der Waals surface area contributed by atoms with E-state index < -0.39 is 0 Å². The standard InChI is InChI=1S/C13H28N2/c1-4-5-8-14-9-11-15-10-6-7-13(2,3)12-15/h14H,4-12H2,1-3H3. The van der Waals surface area contributed by atoms with Crippen LogP contribution in [0.25, 0.3) is 0 Å². The van der Waals surface area contributed by atoms with Crippen molar-refractivity contribution < 1.29 is 0 Å². The van der Waals surface area contributed by atoms with E-state index in [-0.39, 0.29) is 0 Å². The van der Waals surface area contributed by atoms with Crippen molar-refractivity contribution in [3.63, 3.8) is 0 Å². The number of unbranched alkanes of at least 4 members (excludes halogenated alkanes) is 1. The lowest BCUT2D eigenvalue weighted by molar-refractivity contribution is 0.118. The average Bonchev–Trinajstić information content (AvgIpc) is 2.16. The lowest BCUT2D eigenvalue weighted by atomic mass is 9.84. The highest BCUT2D eigenvalue weighted by atomic mass is 15.1. The summed E-state index contributed by atoms with van der Waals surface area (Å²) in [5, 5.41) is 3.52. The predicted octanol–water partition coefficient (Wildman–Crippen LogP) is 2.50. The minimum absolute atomic E-state index is 0.543. The van der Waals surface area contributed by atoms with Crippen LogP contribution in [0.3, 0.4) is 0 Å². The highest BCUT2D eigenvalue weighted by Gasteiger charge is 2.25. The van der Waals surface area contributed by atoms with Crippen LogP contribution in [0.4, 0.5) is 0 Å². The van der Waals surface area contributed by atoms with Crippen molar-refractivity contribution in [3.8, 4) is 0 Å². The van der Waals surface area contributed by atoms with Crippen LogP contribution in [0.15, 0.2) is 0 Å². The zero-order chi connectivity index (χ0) is 11.1. The van der Waals surface area contributed by atoms with Gasteiger partial charge in [-0.1, -0.05) is 27.2 Å². The molecule has 1 saturated heterocycles. The fourth-order valence-corrected chi connectivity index (χ4v) is 2.40. The molecule has 0 amide bonds. The van der Waals surface area contributed by atoms with Gasteiger partial charge in [0.25, 0.3) is 0 Å². The minimum atomic E-state index is 0.543. The third kappa shape index (κ3) is 5.53. The van der Waals surface area contributed by atoms with E-state index in [9.17, 15) is 0 Å². The highest BCUT2D eigenvalue weighted by molar-refractivity contribution is 4.79. The van der Waals surface area contributed by atoms with Crippen molar-refractivity contribution in [1.82, 2.24) is 10.2 Å². The second-order valence-electron chi connectivity index (χ2n) is 5.65. The van der Waals surface area contributed by atoms with Crippen LogP contribution in [0, 0.1) is 5.41 Å². The largest absolute Gasteiger partial charge is 0.315 e. The Morgan fingerprint density at radius 3 is 2.73 bits per heavy atom. The Labute approximate surface area is 95.4 Å². The van der Waals surface area contributed by atoms with Crippen LogP contribution in [0.1, 0.15) is 46.5 Å². The summed E-state index contributed by atoms with van der Waals surface area (Å²) in [6.45, 7) is 13.2. The van der Waals surface area contributed by atoms with Crippen LogP contribution in [-0.2, 0) is 0 Å². The normalized spacial score (nSPS) is 21.8. The second kappa shape index (κ2) is 6.49. The van der Waals surface area contributed by atoms with E-state index >= 15 is 0 Å². The molecule has 15 heavy (non-hydrogen) atoms. The molecule has 0 aromatic rings. The van der Waals surface area contributed by atoms with Crippen molar-refractivity contribution in [2.45, 2.75) is 46.5 Å². The number of piperidine rings is 1. The molecule has 2 heteroatoms. The summed E-state index contributed by atoms with van der Waals surface area (Å²) < 4.78 is 0. The first-order valence-corrected chi connectivity index (χ1v) is 6.57. The van der Waals surface area contributed by atoms with Gasteiger partial charge in [0.1, 0.15) is 0 Å². The van der Waals surface area contributed by atoms with Crippen LogP contribution in [0.2, 0.25) is 0 Å². The number of nitrogens with zero attached hydrogens (tertiary/aromatic N) is 1. The molecule has 0 radical (unpaired) electrons. The van der Waals surface area contributed by atoms with Crippen molar-refractivity contribution in [1.29, 1.82) is 0 Å². The Morgan fingerprint density at radius 2 is 2.07 bits per heavy atom. The van der Waals surface area contributed by atoms with Gasteiger partial charge in [0.05, 0.1) is 0 Å². The molecule has 1 aliphatic heterocycles. The molecule has 0 bridgehead atoms. The van der Waals surface area contributed by atoms with Gasteiger partial charge in [-0.2, -0.15) is 0 Å². The summed E-state index contributed by atoms with van der Waals surface area (Å²) in [5.74, 6) is 0. The van der Waals surface area contributed by atoms with E-state index in [0.717, 1.165) is 6.54 Å². The van der Waals surface area contributed by atoms with Crippen molar-refractivity contribution in [2.24, 2.45) is 5.41 Å². The Kier molecular flexibility index (Phi) is 5.62. The number of rotatable bonds is 6. The first-order valence-electron chi connectivity index (χ1n) is 6.57. The first kappa shape index (κ1) is 13.0. The zero-order valence-electron chi connectivity index (χ0n) is 10.8. The quantitative estimate of drug-likeness (QED) is 0.681. The molecule has 0 aliphatic carbocycles. The molecule has 1 heterocycles. The lowest BCUT2D eigenvalue weighted by Gasteiger charge is -2.38. The summed E-state index contributed by atoms with van der Waals surface area (Å²) in [6, 6.07) is 0. The highest BCUT2D eigenvalue weighted by Crippen LogP contribution is 2.27. The maximum Gasteiger partial charge on any atom is 0.0107 e. The molecule has 2 nitrogen and oxygen atoms in total. The maximum absolute atomic E-state index is 3.52. The van der Waals surface area contributed by atoms with E-state index in [1.165, 1.54) is 51.9 Å². The molecule has 1 fully saturated rings. The topological polar surface area (TPSA) is 15.3 Å². The number of likely N-dealkylation sites (tertiary alicyclic amines) is 1. The molecule has 0 unspecified atom stereocenters. The smallest absolute Gasteiger partial charge is 0.0107 e. The van der Waals surface area contributed by atoms with Crippen LogP contribution < -0.4 is 5.32 Å². The SMILES string of the molecule is CCCCNCCN1CCCC(C)(C)C1. The molecule has 90 valence electrons. The molecule has 1 rings (SSSR count). The molecular formula is C13H28N2. The predicted molar refractivity (Wildman–Crippen MR) is 67.2 cm³/mol. The molecule has 1 N–H and O–H groups in total. The Balaban J connectivity index is 2.05. The lowest BCUT2D eigenvalue weighted by Crippen LogP contribution is -2.43. The molecule has 0 aromatic heterocycles. The number of hydrogen-bond donors (Lipinski definition) is 1. The fourth-order valence-electron chi connectivity index (χ4n) is 2.40. The molecule has 0 saturated carbocycles. The van der Waals surface area contributed by atoms with Gasteiger partial charge in [0, 0.05) is 19.6 Å². The average molecular weight is 212 g/mol. The van der Waals surface area contributed by atoms with Crippen LogP contribution >= 0.6 is 0 Å². The van der Waals surface area contributed by atoms with Crippen LogP contribution in [0.5, 0.6) is 0 Å². The van der Waals surface area contributed by atoms with Gasteiger partial charge in [-0.3, -0.25) is 0 Å². The van der Waals surface area contributed by atoms with Crippen molar-refractivity contribution in [2.75, 3.05) is 32.7 Å². The third-order valence-electron chi connectivity index (χ3n) is 3.29. The van der Waals surface area contributed by atoms with Crippen molar-refractivity contribution >= 4 is 0 Å². The van der Waals surface area contributed by atoms with Gasteiger partial charge in [-0.15, -0.1) is 0 Å². The molecule has 0 aromatic carbocycles. The van der Waals surface area contributed by atoms with E-state index in [1.807, 2.05) is 0 Å². The Bertz CT molecular complexity index is 166. The van der Waals surface area contributed by atoms with Gasteiger partial charge in [0.15, 0.2) is 0 Å². The van der Waals surface area contributed by atoms with Gasteiger partial charge in [-0.05, 0) is 37.8 Å². The van der Waals surface area contributed by atoms with Gasteiger partial charge in [-0.25, -0.2) is 0 Å². The van der Waals surface area contributed by atoms with E-state index in [4.69, 9.17) is 0 Å². The maximum atomic E-state index is 3.52. The van der Waals surface area contributed by atoms with Gasteiger partial charge < -0.3 is 10.2 Å². The van der Waals surface area contributed by atoms with E-state index in [2.05, 4.69) is 31.0 Å². The molecule has 1 aliphatic rings. The summed E-state index contributed by atoms with van der Waals surface area (Å²) in [6.07, 6.45) is 5.38. The zero-order valence-corrected chi connectivity index (χ0v) is 10.8. The molecule has 0 spiro atoms. The van der Waals surface area contributed by atoms with Gasteiger partial charge >= 0.3 is 0 Å². The third-order valence-corrected chi connectivity index (χ3v) is 3.29. The minimum Gasteiger partial charge on any atom is -0.315 e. The fraction of sp³-hybridized carbons (Fsp3) is 1.00. The monoisotopic (exact) mass is 212 g/mol. The number of nitrogens with one attached hydrogen (secondary N) is 1. The first-order chi connectivity index (χ1) is 7.14. The summed E-state index contributed by atoms with van der Waals surface area (Å²) in [7, 11) is 0. The Morgan fingerprint density at radius 1 is 1.27 bits per heavy atom. The van der Waals surface area contributed by atoms with Crippen LogP contribution in [-0.4, -0.2) is 37.6 Å².